The van der Waals surface area contributed by atoms with Crippen molar-refractivity contribution in [1.82, 2.24) is 10.6 Å². The van der Waals surface area contributed by atoms with E-state index in [4.69, 9.17) is 4.74 Å². The summed E-state index contributed by atoms with van der Waals surface area (Å²) in [6, 6.07) is 16.1. The molecule has 0 unspecified atom stereocenters. The van der Waals surface area contributed by atoms with Gasteiger partial charge in [-0.1, -0.05) is 24.8 Å². The van der Waals surface area contributed by atoms with E-state index in [-0.39, 0.29) is 22.9 Å². The molecule has 1 fully saturated rings. The molecule has 41 heavy (non-hydrogen) atoms. The van der Waals surface area contributed by atoms with Crippen LogP contribution >= 0.6 is 0 Å². The Hall–Kier alpha value is -3.36. The molecule has 1 saturated heterocycles. The number of carbonyl (C=O) groups excluding carboxylic acids is 2. The van der Waals surface area contributed by atoms with E-state index in [1.54, 1.807) is 7.05 Å². The first kappa shape index (κ1) is 35.7. The summed E-state index contributed by atoms with van der Waals surface area (Å²) in [5, 5.41) is 15.5. The first-order valence-corrected chi connectivity index (χ1v) is 14.4. The summed E-state index contributed by atoms with van der Waals surface area (Å²) >= 11 is 0. The van der Waals surface area contributed by atoms with Crippen LogP contribution in [0.3, 0.4) is 0 Å². The van der Waals surface area contributed by atoms with Crippen LogP contribution in [0, 0.1) is 0 Å². The second-order valence-corrected chi connectivity index (χ2v) is 12.4. The summed E-state index contributed by atoms with van der Waals surface area (Å²) in [4.78, 5) is 22.6. The van der Waals surface area contributed by atoms with Gasteiger partial charge in [-0.15, -0.1) is 0 Å². The summed E-state index contributed by atoms with van der Waals surface area (Å²) in [6.07, 6.45) is 3.58. The fourth-order valence-corrected chi connectivity index (χ4v) is 4.01. The number of anilines is 3. The van der Waals surface area contributed by atoms with Crippen LogP contribution < -0.4 is 26.6 Å². The molecule has 1 aliphatic rings. The van der Waals surface area contributed by atoms with Gasteiger partial charge in [-0.3, -0.25) is 9.59 Å². The highest BCUT2D eigenvalue weighted by atomic mass is 16.5. The highest BCUT2D eigenvalue weighted by molar-refractivity contribution is 5.99. The number of rotatable bonds is 7. The zero-order valence-electron chi connectivity index (χ0n) is 26.6. The molecule has 0 bridgehead atoms. The van der Waals surface area contributed by atoms with Crippen molar-refractivity contribution in [3.63, 3.8) is 0 Å². The minimum Gasteiger partial charge on any atom is -0.382 e. The van der Waals surface area contributed by atoms with Gasteiger partial charge < -0.3 is 31.3 Å². The van der Waals surface area contributed by atoms with Crippen LogP contribution in [0.25, 0.3) is 0 Å². The van der Waals surface area contributed by atoms with E-state index in [2.05, 4.69) is 74.7 Å². The summed E-state index contributed by atoms with van der Waals surface area (Å²) < 4.78 is 5.27. The molecule has 2 aromatic carbocycles. The summed E-state index contributed by atoms with van der Waals surface area (Å²) in [6.45, 7) is 22.2. The van der Waals surface area contributed by atoms with E-state index in [9.17, 15) is 9.59 Å². The fourth-order valence-electron chi connectivity index (χ4n) is 4.01. The van der Waals surface area contributed by atoms with Crippen LogP contribution in [0.15, 0.2) is 61.2 Å². The van der Waals surface area contributed by atoms with Crippen molar-refractivity contribution in [2.24, 2.45) is 0 Å². The molecule has 1 aliphatic heterocycles. The predicted octanol–water partition coefficient (Wildman–Crippen LogP) is 6.44. The minimum atomic E-state index is -0.201. The lowest BCUT2D eigenvalue weighted by Gasteiger charge is -2.31. The van der Waals surface area contributed by atoms with Gasteiger partial charge in [-0.25, -0.2) is 0 Å². The average molecular weight is 568 g/mol. The Bertz CT molecular complexity index is 1080. The van der Waals surface area contributed by atoms with Crippen molar-refractivity contribution >= 4 is 28.9 Å². The van der Waals surface area contributed by atoms with Crippen LogP contribution in [0.2, 0.25) is 0 Å². The van der Waals surface area contributed by atoms with E-state index >= 15 is 0 Å². The molecular formula is C33H53N5O3. The molecule has 1 heterocycles. The van der Waals surface area contributed by atoms with E-state index in [1.807, 2.05) is 62.4 Å². The molecule has 228 valence electrons. The second kappa shape index (κ2) is 17.5. The average Bonchev–Trinajstić information content (AvgIpc) is 2.88. The van der Waals surface area contributed by atoms with Gasteiger partial charge in [0.15, 0.2) is 0 Å². The van der Waals surface area contributed by atoms with Gasteiger partial charge in [0.1, 0.15) is 0 Å². The number of ether oxygens (including phenoxy) is 1. The molecule has 0 radical (unpaired) electrons. The first-order chi connectivity index (χ1) is 19.1. The molecule has 5 N–H and O–H groups in total. The van der Waals surface area contributed by atoms with Crippen LogP contribution in [0.5, 0.6) is 0 Å². The van der Waals surface area contributed by atoms with Crippen LogP contribution in [-0.4, -0.2) is 55.2 Å². The molecular weight excluding hydrogens is 514 g/mol. The van der Waals surface area contributed by atoms with Gasteiger partial charge in [0, 0.05) is 60.5 Å². The van der Waals surface area contributed by atoms with Crippen molar-refractivity contribution in [3.8, 4) is 0 Å². The van der Waals surface area contributed by atoms with E-state index < -0.39 is 0 Å². The highest BCUT2D eigenvalue weighted by Gasteiger charge is 2.19. The van der Waals surface area contributed by atoms with Gasteiger partial charge in [-0.05, 0) is 105 Å². The fraction of sp³-hybridized carbons (Fsp3) is 0.515. The van der Waals surface area contributed by atoms with E-state index in [0.29, 0.717) is 17.6 Å². The van der Waals surface area contributed by atoms with Crippen molar-refractivity contribution < 1.29 is 14.3 Å². The smallest absolute Gasteiger partial charge is 0.253 e. The Morgan fingerprint density at radius 2 is 1.54 bits per heavy atom. The van der Waals surface area contributed by atoms with Gasteiger partial charge in [0.2, 0.25) is 5.91 Å². The lowest BCUT2D eigenvalue weighted by atomic mass is 10.0. The zero-order valence-corrected chi connectivity index (χ0v) is 26.6. The molecule has 0 aliphatic carbocycles. The van der Waals surface area contributed by atoms with Gasteiger partial charge in [-0.2, -0.15) is 0 Å². The van der Waals surface area contributed by atoms with Crippen molar-refractivity contribution in [3.05, 3.63) is 66.7 Å². The van der Waals surface area contributed by atoms with E-state index in [0.717, 1.165) is 43.1 Å². The predicted molar refractivity (Wildman–Crippen MR) is 174 cm³/mol. The lowest BCUT2D eigenvalue weighted by molar-refractivity contribution is -0.111. The topological polar surface area (TPSA) is 104 Å². The molecule has 2 amide bonds. The van der Waals surface area contributed by atoms with Crippen LogP contribution in [0.4, 0.5) is 17.1 Å². The highest BCUT2D eigenvalue weighted by Crippen LogP contribution is 2.19. The number of nitrogens with one attached hydrogen (secondary N) is 5. The Morgan fingerprint density at radius 1 is 0.927 bits per heavy atom. The summed E-state index contributed by atoms with van der Waals surface area (Å²) in [5.41, 5.74) is 3.56. The van der Waals surface area contributed by atoms with Crippen molar-refractivity contribution in [2.75, 3.05) is 36.2 Å². The maximum absolute atomic E-state index is 11.5. The molecule has 2 aromatic rings. The number of hydrogen-bond acceptors (Lipinski definition) is 6. The molecule has 0 spiro atoms. The van der Waals surface area contributed by atoms with Gasteiger partial charge >= 0.3 is 0 Å². The standard InChI is InChI=1S/C13H18N2O.C11H16N2O.C9H19NO/c1-5-12(16)14-10-7-6-8-11(9-10)15-13(2,3)4;1-8(2)13-10-7-5-4-6-9(10)11(14)12-3;1-9(2,3)10-8-4-6-11-7-5-8/h5-9,15H,1H2,2-4H3,(H,14,16);4-8,13H,1-3H3,(H,12,14);8,10H,4-7H2,1-3H3. The molecule has 8 nitrogen and oxygen atoms in total. The summed E-state index contributed by atoms with van der Waals surface area (Å²) in [7, 11) is 1.63. The van der Waals surface area contributed by atoms with E-state index in [1.165, 1.54) is 6.08 Å². The quantitative estimate of drug-likeness (QED) is 0.247. The first-order valence-electron chi connectivity index (χ1n) is 14.4. The van der Waals surface area contributed by atoms with Crippen molar-refractivity contribution in [1.29, 1.82) is 0 Å². The third-order valence-corrected chi connectivity index (χ3v) is 5.54. The second-order valence-electron chi connectivity index (χ2n) is 12.4. The third kappa shape index (κ3) is 16.5. The number of carbonyl (C=O) groups is 2. The maximum atomic E-state index is 11.5. The third-order valence-electron chi connectivity index (χ3n) is 5.54. The Labute approximate surface area is 248 Å². The Balaban J connectivity index is 0.000000313. The van der Waals surface area contributed by atoms with Crippen molar-refractivity contribution in [2.45, 2.75) is 91.4 Å². The normalized spacial score (nSPS) is 13.5. The lowest BCUT2D eigenvalue weighted by Crippen LogP contribution is -2.46. The SMILES string of the molecule is C=CC(=O)Nc1cccc(NC(C)(C)C)c1.CC(C)(C)NC1CCOCC1.CNC(=O)c1ccccc1NC(C)C. The van der Waals surface area contributed by atoms with Gasteiger partial charge in [0.05, 0.1) is 5.56 Å². The summed E-state index contributed by atoms with van der Waals surface area (Å²) in [5.74, 6) is -0.262. The maximum Gasteiger partial charge on any atom is 0.253 e. The molecule has 8 heteroatoms. The monoisotopic (exact) mass is 567 g/mol. The van der Waals surface area contributed by atoms with Crippen LogP contribution in [0.1, 0.15) is 78.6 Å². The number of amides is 2. The number of hydrogen-bond donors (Lipinski definition) is 5. The van der Waals surface area contributed by atoms with Gasteiger partial charge in [0.25, 0.3) is 5.91 Å². The number of benzene rings is 2. The number of para-hydroxylation sites is 1. The Kier molecular flexibility index (Phi) is 15.2. The minimum absolute atomic E-state index is 0.00106. The molecule has 3 rings (SSSR count). The Morgan fingerprint density at radius 3 is 2.07 bits per heavy atom. The molecule has 0 saturated carbocycles. The molecule has 0 aromatic heterocycles. The van der Waals surface area contributed by atoms with Crippen LogP contribution in [-0.2, 0) is 9.53 Å². The largest absolute Gasteiger partial charge is 0.382 e. The zero-order chi connectivity index (χ0) is 31.1. The molecule has 0 atom stereocenters.